The van der Waals surface area contributed by atoms with E-state index in [2.05, 4.69) is 31.9 Å². The number of amides is 6. The van der Waals surface area contributed by atoms with Gasteiger partial charge in [-0.25, -0.2) is 4.79 Å². The van der Waals surface area contributed by atoms with Crippen molar-refractivity contribution in [3.8, 4) is 11.5 Å². The number of ether oxygens (including phenoxy) is 1. The molecule has 60 heavy (non-hydrogen) atoms. The Morgan fingerprint density at radius 3 is 2.18 bits per heavy atom. The monoisotopic (exact) mass is 824 g/mol. The predicted molar refractivity (Wildman–Crippen MR) is 218 cm³/mol. The van der Waals surface area contributed by atoms with Gasteiger partial charge in [-0.15, -0.1) is 0 Å². The van der Waals surface area contributed by atoms with E-state index in [0.29, 0.717) is 41.9 Å². The molecule has 1 unspecified atom stereocenters. The molecule has 6 rings (SSSR count). The zero-order chi connectivity index (χ0) is 43.2. The lowest BCUT2D eigenvalue weighted by Gasteiger charge is -2.32. The molecule has 0 saturated heterocycles. The summed E-state index contributed by atoms with van der Waals surface area (Å²) in [6.07, 6.45) is 4.38. The van der Waals surface area contributed by atoms with Crippen molar-refractivity contribution >= 4 is 47.2 Å². The van der Waals surface area contributed by atoms with Crippen molar-refractivity contribution in [2.75, 3.05) is 6.54 Å². The third kappa shape index (κ3) is 12.7. The Balaban J connectivity index is 1.38. The Kier molecular flexibility index (Phi) is 15.9. The Morgan fingerprint density at radius 2 is 1.52 bits per heavy atom. The normalized spacial score (nSPS) is 19.5. The maximum Gasteiger partial charge on any atom is 0.330 e. The Bertz CT molecular complexity index is 2040. The number of ketones is 1. The van der Waals surface area contributed by atoms with Gasteiger partial charge in [0.2, 0.25) is 35.3 Å². The van der Waals surface area contributed by atoms with Gasteiger partial charge in [-0.1, -0.05) is 87.2 Å². The lowest BCUT2D eigenvalue weighted by molar-refractivity contribution is -0.142. The van der Waals surface area contributed by atoms with Crippen LogP contribution in [0.1, 0.15) is 81.5 Å². The number of carbonyl (C=O) groups is 8. The van der Waals surface area contributed by atoms with Crippen molar-refractivity contribution in [2.45, 2.75) is 102 Å². The summed E-state index contributed by atoms with van der Waals surface area (Å²) in [7, 11) is 0. The summed E-state index contributed by atoms with van der Waals surface area (Å²) in [5.41, 5.74) is 1.64. The van der Waals surface area contributed by atoms with E-state index in [4.69, 9.17) is 4.74 Å². The quantitative estimate of drug-likeness (QED) is 0.124. The second kappa shape index (κ2) is 21.4. The van der Waals surface area contributed by atoms with Gasteiger partial charge in [0, 0.05) is 19.8 Å². The lowest BCUT2D eigenvalue weighted by Crippen LogP contribution is -2.60. The Labute approximate surface area is 348 Å². The zero-order valence-corrected chi connectivity index (χ0v) is 33.7. The van der Waals surface area contributed by atoms with Crippen LogP contribution in [0.5, 0.6) is 11.5 Å². The van der Waals surface area contributed by atoms with Gasteiger partial charge in [0.1, 0.15) is 29.6 Å². The van der Waals surface area contributed by atoms with Crippen LogP contribution >= 0.6 is 0 Å². The van der Waals surface area contributed by atoms with Crippen molar-refractivity contribution in [1.82, 2.24) is 31.9 Å². The number of fused-ring (bicyclic) bond motifs is 10. The molecular weight excluding hydrogens is 773 g/mol. The van der Waals surface area contributed by atoms with Crippen LogP contribution in [0.3, 0.4) is 0 Å². The molecule has 0 aromatic heterocycles. The first-order chi connectivity index (χ1) is 28.8. The second-order valence-electron chi connectivity index (χ2n) is 15.1. The molecule has 4 bridgehead atoms. The van der Waals surface area contributed by atoms with E-state index in [0.717, 1.165) is 24.8 Å². The highest BCUT2D eigenvalue weighted by Gasteiger charge is 2.37. The van der Waals surface area contributed by atoms with Gasteiger partial charge >= 0.3 is 5.97 Å². The van der Waals surface area contributed by atoms with Crippen molar-refractivity contribution in [1.29, 1.82) is 0 Å². The minimum absolute atomic E-state index is 0.0349. The molecule has 7 N–H and O–H groups in total. The molecule has 6 amide bonds. The minimum Gasteiger partial charge on any atom is -0.479 e. The van der Waals surface area contributed by atoms with Crippen molar-refractivity contribution in [3.63, 3.8) is 0 Å². The molecule has 1 saturated carbocycles. The average molecular weight is 825 g/mol. The summed E-state index contributed by atoms with van der Waals surface area (Å²) in [5.74, 6) is -6.16. The van der Waals surface area contributed by atoms with E-state index < -0.39 is 83.9 Å². The van der Waals surface area contributed by atoms with Crippen LogP contribution in [0.15, 0.2) is 78.9 Å². The summed E-state index contributed by atoms with van der Waals surface area (Å²) >= 11 is 0. The van der Waals surface area contributed by atoms with Gasteiger partial charge in [0.25, 0.3) is 5.91 Å². The zero-order valence-electron chi connectivity index (χ0n) is 33.7. The first kappa shape index (κ1) is 44.5. The average Bonchev–Trinajstić information content (AvgIpc) is 3.23. The van der Waals surface area contributed by atoms with Gasteiger partial charge in [-0.3, -0.25) is 33.6 Å². The highest BCUT2D eigenvalue weighted by molar-refractivity contribution is 6.38. The minimum atomic E-state index is -1.40. The molecule has 3 aliphatic rings. The van der Waals surface area contributed by atoms with E-state index in [1.165, 1.54) is 19.1 Å². The predicted octanol–water partition coefficient (Wildman–Crippen LogP) is 2.54. The number of Topliss-reactive ketones (excluding diaryl/α,β-unsaturated/α-hetero) is 1. The summed E-state index contributed by atoms with van der Waals surface area (Å²) in [6, 6.07) is 15.8. The van der Waals surface area contributed by atoms with Crippen molar-refractivity contribution < 1.29 is 48.2 Å². The number of carboxylic acid groups (broad SMARTS) is 1. The molecule has 5 atom stereocenters. The number of hydrogen-bond acceptors (Lipinski definition) is 9. The highest BCUT2D eigenvalue weighted by atomic mass is 16.5. The third-order valence-corrected chi connectivity index (χ3v) is 10.5. The van der Waals surface area contributed by atoms with Gasteiger partial charge < -0.3 is 41.7 Å². The molecule has 0 radical (unpaired) electrons. The number of carbonyl (C=O) groups excluding carboxylic acids is 7. The summed E-state index contributed by atoms with van der Waals surface area (Å²) < 4.78 is 6.09. The third-order valence-electron chi connectivity index (χ3n) is 10.5. The number of nitrogens with one attached hydrogen (secondary N) is 6. The number of rotatable bonds is 13. The fourth-order valence-electron chi connectivity index (χ4n) is 7.46. The van der Waals surface area contributed by atoms with Gasteiger partial charge in [0.15, 0.2) is 6.04 Å². The maximum atomic E-state index is 14.4. The maximum absolute atomic E-state index is 14.4. The second-order valence-corrected chi connectivity index (χ2v) is 15.1. The number of benzene rings is 3. The fourth-order valence-corrected chi connectivity index (χ4v) is 7.46. The molecule has 2 aliphatic heterocycles. The van der Waals surface area contributed by atoms with Crippen LogP contribution in [0.2, 0.25) is 0 Å². The highest BCUT2D eigenvalue weighted by Crippen LogP contribution is 2.28. The van der Waals surface area contributed by atoms with E-state index in [-0.39, 0.29) is 25.2 Å². The van der Waals surface area contributed by atoms with E-state index in [1.54, 1.807) is 73.7 Å². The lowest BCUT2D eigenvalue weighted by atomic mass is 9.83. The molecule has 2 heterocycles. The van der Waals surface area contributed by atoms with Gasteiger partial charge in [-0.05, 0) is 66.1 Å². The fraction of sp³-hybridized carbons (Fsp3) is 0.409. The van der Waals surface area contributed by atoms with E-state index in [1.807, 2.05) is 0 Å². The molecule has 3 aromatic carbocycles. The van der Waals surface area contributed by atoms with E-state index >= 15 is 0 Å². The van der Waals surface area contributed by atoms with Crippen molar-refractivity contribution in [3.05, 3.63) is 95.6 Å². The molecule has 1 fully saturated rings. The van der Waals surface area contributed by atoms with Crippen molar-refractivity contribution in [2.24, 2.45) is 5.92 Å². The van der Waals surface area contributed by atoms with Crippen LogP contribution in [0.4, 0.5) is 0 Å². The topological polar surface area (TPSA) is 238 Å². The van der Waals surface area contributed by atoms with Crippen LogP contribution in [0, 0.1) is 5.92 Å². The Hall–Kier alpha value is -6.58. The Morgan fingerprint density at radius 1 is 0.800 bits per heavy atom. The number of hydrogen-bond donors (Lipinski definition) is 7. The molecule has 3 aromatic rings. The first-order valence-electron chi connectivity index (χ1n) is 20.2. The summed E-state index contributed by atoms with van der Waals surface area (Å²) in [4.78, 5) is 106. The van der Waals surface area contributed by atoms with Crippen LogP contribution < -0.4 is 36.6 Å². The van der Waals surface area contributed by atoms with Gasteiger partial charge in [-0.2, -0.15) is 0 Å². The molecule has 16 heteroatoms. The number of carboxylic acids is 1. The summed E-state index contributed by atoms with van der Waals surface area (Å²) in [5, 5.41) is 25.2. The summed E-state index contributed by atoms with van der Waals surface area (Å²) in [6.45, 7) is 2.33. The SMILES string of the molecule is CCCC(NC(=O)[C@H]1Cc2cccc(c2)Oc2ccc(cc2)C[C@H](NC(C)=O)C(=O)N[C@@H](C2CCCCC2)C(=O)N1)C(=O)C(=O)NCC(=O)N[C@H](C(=O)O)c1ccccc1. The smallest absolute Gasteiger partial charge is 0.330 e. The molecule has 318 valence electrons. The van der Waals surface area contributed by atoms with Crippen LogP contribution in [0.25, 0.3) is 0 Å². The molecular formula is C44H52N6O10. The van der Waals surface area contributed by atoms with E-state index in [9.17, 15) is 43.5 Å². The number of aliphatic carboxylic acids is 1. The largest absolute Gasteiger partial charge is 0.479 e. The van der Waals surface area contributed by atoms with Crippen LogP contribution in [-0.4, -0.2) is 83.0 Å². The van der Waals surface area contributed by atoms with Gasteiger partial charge in [0.05, 0.1) is 12.6 Å². The molecule has 1 aliphatic carbocycles. The van der Waals surface area contributed by atoms with Crippen LogP contribution in [-0.2, 0) is 51.2 Å². The standard InChI is InChI=1S/C44H52N6O10/c1-3-11-33(39(53)43(57)45-25-36(52)49-38(44(58)59)30-15-8-5-9-16-30)47-40(54)35-24-28-12-10-17-32(22-28)60-31-20-18-27(19-21-31)23-34(46-26(2)51)41(55)50-37(42(56)48-35)29-13-6-4-7-14-29/h5,8-10,12,15-22,29,33-35,37-38H,3-4,6-7,11,13-14,23-25H2,1-2H3,(H,45,57)(H,46,51)(H,47,54)(H,48,56)(H,49,52)(H,50,55)(H,58,59)/t33?,34-,35+,37-,38-/m0/s1. The first-order valence-corrected chi connectivity index (χ1v) is 20.2. The molecule has 16 nitrogen and oxygen atoms in total. The molecule has 0 spiro atoms.